The molecule has 0 heterocycles. The number of methoxy groups -OCH3 is 1. The molecule has 0 saturated heterocycles. The molecule has 0 aliphatic rings. The fourth-order valence-electron chi connectivity index (χ4n) is 2.50. The number of amides is 1. The average Bonchev–Trinajstić information content (AvgIpc) is 2.67. The van der Waals surface area contributed by atoms with Gasteiger partial charge in [0.1, 0.15) is 5.75 Å². The van der Waals surface area contributed by atoms with E-state index in [4.69, 9.17) is 9.47 Å². The standard InChI is InChI=1S/C23H27NO5/c1-14-7-8-17(13-19(14)28-6)21(26)29-15(2)20(25)16-9-11-18(12-10-16)24-22(27)23(3,4)5/h7-13,15H,1-6H3,(H,24,27)/t15-/m0/s1. The van der Waals surface area contributed by atoms with Crippen molar-refractivity contribution >= 4 is 23.3 Å². The van der Waals surface area contributed by atoms with E-state index in [-0.39, 0.29) is 11.7 Å². The van der Waals surface area contributed by atoms with Gasteiger partial charge in [0.15, 0.2) is 6.10 Å². The molecule has 0 bridgehead atoms. The predicted molar refractivity (Wildman–Crippen MR) is 111 cm³/mol. The largest absolute Gasteiger partial charge is 0.496 e. The Morgan fingerprint density at radius 2 is 1.55 bits per heavy atom. The topological polar surface area (TPSA) is 81.7 Å². The molecule has 1 atom stereocenters. The summed E-state index contributed by atoms with van der Waals surface area (Å²) in [5.41, 5.74) is 1.67. The minimum Gasteiger partial charge on any atom is -0.496 e. The van der Waals surface area contributed by atoms with Crippen molar-refractivity contribution in [3.63, 3.8) is 0 Å². The Morgan fingerprint density at radius 1 is 0.966 bits per heavy atom. The lowest BCUT2D eigenvalue weighted by Gasteiger charge is -2.18. The van der Waals surface area contributed by atoms with Gasteiger partial charge in [0.05, 0.1) is 12.7 Å². The average molecular weight is 397 g/mol. The van der Waals surface area contributed by atoms with E-state index >= 15 is 0 Å². The van der Waals surface area contributed by atoms with Crippen LogP contribution in [0.15, 0.2) is 42.5 Å². The number of hydrogen-bond donors (Lipinski definition) is 1. The second-order valence-electron chi connectivity index (χ2n) is 7.88. The summed E-state index contributed by atoms with van der Waals surface area (Å²) in [7, 11) is 1.52. The third-order valence-electron chi connectivity index (χ3n) is 4.41. The second kappa shape index (κ2) is 8.90. The van der Waals surface area contributed by atoms with E-state index in [2.05, 4.69) is 5.32 Å². The maximum Gasteiger partial charge on any atom is 0.338 e. The molecule has 1 amide bonds. The van der Waals surface area contributed by atoms with Gasteiger partial charge in [-0.3, -0.25) is 9.59 Å². The number of carbonyl (C=O) groups is 3. The van der Waals surface area contributed by atoms with Crippen molar-refractivity contribution in [2.24, 2.45) is 5.41 Å². The number of carbonyl (C=O) groups excluding carboxylic acids is 3. The van der Waals surface area contributed by atoms with Crippen LogP contribution in [-0.2, 0) is 9.53 Å². The first-order valence-corrected chi connectivity index (χ1v) is 9.34. The van der Waals surface area contributed by atoms with Crippen LogP contribution >= 0.6 is 0 Å². The monoisotopic (exact) mass is 397 g/mol. The van der Waals surface area contributed by atoms with Crippen LogP contribution in [-0.4, -0.2) is 30.9 Å². The molecule has 0 radical (unpaired) electrons. The van der Waals surface area contributed by atoms with Crippen LogP contribution in [0, 0.1) is 12.3 Å². The summed E-state index contributed by atoms with van der Waals surface area (Å²) in [6.45, 7) is 8.86. The van der Waals surface area contributed by atoms with E-state index < -0.39 is 17.5 Å². The Balaban J connectivity index is 2.04. The minimum absolute atomic E-state index is 0.118. The van der Waals surface area contributed by atoms with Crippen LogP contribution in [0.1, 0.15) is 54.0 Å². The van der Waals surface area contributed by atoms with Gasteiger partial charge in [0, 0.05) is 16.7 Å². The van der Waals surface area contributed by atoms with Crippen LogP contribution in [0.4, 0.5) is 5.69 Å². The molecule has 29 heavy (non-hydrogen) atoms. The van der Waals surface area contributed by atoms with Gasteiger partial charge >= 0.3 is 5.97 Å². The van der Waals surface area contributed by atoms with Crippen molar-refractivity contribution < 1.29 is 23.9 Å². The van der Waals surface area contributed by atoms with E-state index in [0.29, 0.717) is 22.6 Å². The number of esters is 1. The number of hydrogen-bond acceptors (Lipinski definition) is 5. The summed E-state index contributed by atoms with van der Waals surface area (Å²) >= 11 is 0. The molecule has 0 fully saturated rings. The van der Waals surface area contributed by atoms with Gasteiger partial charge in [0.25, 0.3) is 0 Å². The normalized spacial score (nSPS) is 12.1. The molecule has 0 aromatic heterocycles. The Morgan fingerprint density at radius 3 is 2.10 bits per heavy atom. The molecule has 6 heteroatoms. The van der Waals surface area contributed by atoms with Gasteiger partial charge < -0.3 is 14.8 Å². The number of ether oxygens (including phenoxy) is 2. The number of ketones is 1. The van der Waals surface area contributed by atoms with Gasteiger partial charge in [-0.05, 0) is 55.8 Å². The zero-order chi connectivity index (χ0) is 21.8. The molecule has 154 valence electrons. The van der Waals surface area contributed by atoms with E-state index in [9.17, 15) is 14.4 Å². The second-order valence-corrected chi connectivity index (χ2v) is 7.88. The van der Waals surface area contributed by atoms with Gasteiger partial charge in [-0.2, -0.15) is 0 Å². The highest BCUT2D eigenvalue weighted by Gasteiger charge is 2.23. The zero-order valence-electron chi connectivity index (χ0n) is 17.7. The molecule has 0 aliphatic carbocycles. The molecule has 6 nitrogen and oxygen atoms in total. The number of rotatable bonds is 6. The number of aryl methyl sites for hydroxylation is 1. The Bertz CT molecular complexity index is 910. The van der Waals surface area contributed by atoms with E-state index in [1.807, 2.05) is 27.7 Å². The lowest BCUT2D eigenvalue weighted by Crippen LogP contribution is -2.27. The molecule has 0 spiro atoms. The molecule has 1 N–H and O–H groups in total. The van der Waals surface area contributed by atoms with Gasteiger partial charge in [-0.25, -0.2) is 4.79 Å². The Kier molecular flexibility index (Phi) is 6.80. The van der Waals surface area contributed by atoms with Crippen molar-refractivity contribution in [1.82, 2.24) is 0 Å². The summed E-state index contributed by atoms with van der Waals surface area (Å²) in [6, 6.07) is 11.5. The fourth-order valence-corrected chi connectivity index (χ4v) is 2.50. The maximum absolute atomic E-state index is 12.6. The highest BCUT2D eigenvalue weighted by atomic mass is 16.5. The summed E-state index contributed by atoms with van der Waals surface area (Å²) in [4.78, 5) is 37.0. The number of nitrogens with one attached hydrogen (secondary N) is 1. The lowest BCUT2D eigenvalue weighted by atomic mass is 9.95. The molecule has 2 aromatic rings. The highest BCUT2D eigenvalue weighted by molar-refractivity contribution is 6.02. The molecular formula is C23H27NO5. The van der Waals surface area contributed by atoms with E-state index in [1.165, 1.54) is 14.0 Å². The van der Waals surface area contributed by atoms with Crippen LogP contribution < -0.4 is 10.1 Å². The van der Waals surface area contributed by atoms with E-state index in [1.54, 1.807) is 42.5 Å². The third-order valence-corrected chi connectivity index (χ3v) is 4.41. The molecule has 2 aromatic carbocycles. The quantitative estimate of drug-likeness (QED) is 0.576. The van der Waals surface area contributed by atoms with Crippen LogP contribution in [0.25, 0.3) is 0 Å². The van der Waals surface area contributed by atoms with Crippen molar-refractivity contribution in [2.45, 2.75) is 40.7 Å². The first kappa shape index (κ1) is 22.1. The van der Waals surface area contributed by atoms with Gasteiger partial charge in [-0.15, -0.1) is 0 Å². The smallest absolute Gasteiger partial charge is 0.338 e. The third kappa shape index (κ3) is 5.67. The maximum atomic E-state index is 12.6. The molecule has 0 saturated carbocycles. The van der Waals surface area contributed by atoms with Crippen molar-refractivity contribution in [2.75, 3.05) is 12.4 Å². The minimum atomic E-state index is -0.954. The molecular weight excluding hydrogens is 370 g/mol. The van der Waals surface area contributed by atoms with Crippen molar-refractivity contribution in [1.29, 1.82) is 0 Å². The number of Topliss-reactive ketones (excluding diaryl/α,β-unsaturated/α-hetero) is 1. The van der Waals surface area contributed by atoms with Crippen LogP contribution in [0.5, 0.6) is 5.75 Å². The van der Waals surface area contributed by atoms with E-state index in [0.717, 1.165) is 5.56 Å². The van der Waals surface area contributed by atoms with Crippen molar-refractivity contribution in [3.05, 3.63) is 59.2 Å². The lowest BCUT2D eigenvalue weighted by molar-refractivity contribution is -0.123. The number of benzene rings is 2. The van der Waals surface area contributed by atoms with Crippen LogP contribution in [0.3, 0.4) is 0 Å². The van der Waals surface area contributed by atoms with Gasteiger partial charge in [-0.1, -0.05) is 26.8 Å². The number of anilines is 1. The molecule has 0 unspecified atom stereocenters. The molecule has 2 rings (SSSR count). The first-order chi connectivity index (χ1) is 13.5. The SMILES string of the molecule is COc1cc(C(=O)O[C@@H](C)C(=O)c2ccc(NC(=O)C(C)(C)C)cc2)ccc1C. The summed E-state index contributed by atoms with van der Waals surface area (Å²) < 4.78 is 10.5. The fraction of sp³-hybridized carbons (Fsp3) is 0.348. The summed E-state index contributed by atoms with van der Waals surface area (Å²) in [5, 5.41) is 2.80. The predicted octanol–water partition coefficient (Wildman–Crippen LogP) is 4.42. The van der Waals surface area contributed by atoms with Gasteiger partial charge in [0.2, 0.25) is 11.7 Å². The summed E-state index contributed by atoms with van der Waals surface area (Å²) in [5.74, 6) is -0.469. The Labute approximate surface area is 171 Å². The highest BCUT2D eigenvalue weighted by Crippen LogP contribution is 2.21. The summed E-state index contributed by atoms with van der Waals surface area (Å²) in [6.07, 6.45) is -0.954. The van der Waals surface area contributed by atoms with Crippen molar-refractivity contribution in [3.8, 4) is 5.75 Å². The zero-order valence-corrected chi connectivity index (χ0v) is 17.7. The van der Waals surface area contributed by atoms with Crippen LogP contribution in [0.2, 0.25) is 0 Å². The Hall–Kier alpha value is -3.15. The molecule has 0 aliphatic heterocycles. The first-order valence-electron chi connectivity index (χ1n) is 9.34.